The van der Waals surface area contributed by atoms with Crippen LogP contribution in [0.1, 0.15) is 79.0 Å². The minimum atomic E-state index is -0.683. The van der Waals surface area contributed by atoms with Gasteiger partial charge in [0.15, 0.2) is 11.6 Å². The standard InChI is InChI=1S/C47H52F2N12O4/c1-27(2)60-30(5)53-44-34(48)23-31(24-38(44)60)43-35(49)26-51-47(55-43)54-39-12-10-32(25-50-39)57-17-15-56(16-18-57)28(3)9-14-41(63)59-21-19-58(20-22-59)37-8-6-7-33-42(37)46(65)61(45(33)64)36-11-13-40(62)52-29(36)4/h6-8,10,12,23-27,29,36H,3,9,11,13-22H2,1-2,4-5H3,(H,52,62)(H,50,51,54,55). The number of aromatic nitrogens is 5. The Bertz CT molecular complexity index is 2710. The summed E-state index contributed by atoms with van der Waals surface area (Å²) in [5.41, 5.74) is 4.33. The van der Waals surface area contributed by atoms with Crippen molar-refractivity contribution < 1.29 is 28.0 Å². The van der Waals surface area contributed by atoms with E-state index in [1.807, 2.05) is 49.3 Å². The van der Waals surface area contributed by atoms with E-state index in [2.05, 4.69) is 51.8 Å². The van der Waals surface area contributed by atoms with Crippen LogP contribution in [0.2, 0.25) is 0 Å². The fourth-order valence-corrected chi connectivity index (χ4v) is 9.65. The summed E-state index contributed by atoms with van der Waals surface area (Å²) in [6.07, 6.45) is 4.39. The molecule has 2 aromatic carbocycles. The molecule has 65 heavy (non-hydrogen) atoms. The molecular formula is C47H52F2N12O4. The Balaban J connectivity index is 0.743. The number of nitrogens with one attached hydrogen (secondary N) is 2. The molecule has 3 fully saturated rings. The first-order chi connectivity index (χ1) is 31.2. The number of pyridine rings is 1. The highest BCUT2D eigenvalue weighted by molar-refractivity contribution is 6.24. The molecule has 4 amide bonds. The predicted molar refractivity (Wildman–Crippen MR) is 242 cm³/mol. The van der Waals surface area contributed by atoms with Crippen LogP contribution >= 0.6 is 0 Å². The molecule has 3 aromatic heterocycles. The van der Waals surface area contributed by atoms with E-state index in [0.29, 0.717) is 79.4 Å². The molecule has 0 saturated carbocycles. The lowest BCUT2D eigenvalue weighted by Crippen LogP contribution is -2.55. The molecule has 2 atom stereocenters. The van der Waals surface area contributed by atoms with Gasteiger partial charge in [0.2, 0.25) is 17.8 Å². The zero-order chi connectivity index (χ0) is 45.7. The molecule has 16 nitrogen and oxygen atoms in total. The summed E-state index contributed by atoms with van der Waals surface area (Å²) >= 11 is 0. The lowest BCUT2D eigenvalue weighted by molar-refractivity contribution is -0.131. The van der Waals surface area contributed by atoms with Gasteiger partial charge in [-0.25, -0.2) is 28.7 Å². The zero-order valence-corrected chi connectivity index (χ0v) is 37.0. The molecule has 0 spiro atoms. The SMILES string of the molecule is C=C(CCC(=O)N1CCN(c2cccc3c2C(=O)N(C2CCC(=O)NC2C)C3=O)CC1)N1CCN(c2ccc(Nc3ncc(F)c(-c4cc(F)c5nc(C)n(C(C)C)c5c4)n3)nc2)CC1. The Morgan fingerprint density at radius 3 is 2.32 bits per heavy atom. The number of carbonyl (C=O) groups is 4. The number of hydrogen-bond donors (Lipinski definition) is 2. The summed E-state index contributed by atoms with van der Waals surface area (Å²) in [7, 11) is 0. The van der Waals surface area contributed by atoms with Crippen molar-refractivity contribution in [3.05, 3.63) is 95.7 Å². The minimum Gasteiger partial charge on any atom is -0.372 e. The van der Waals surface area contributed by atoms with Crippen LogP contribution in [0, 0.1) is 18.6 Å². The molecule has 2 N–H and O–H groups in total. The van der Waals surface area contributed by atoms with Crippen LogP contribution in [0.5, 0.6) is 0 Å². The van der Waals surface area contributed by atoms with Crippen molar-refractivity contribution >= 4 is 57.8 Å². The smallest absolute Gasteiger partial charge is 0.263 e. The molecule has 4 aliphatic rings. The van der Waals surface area contributed by atoms with Crippen LogP contribution < -0.4 is 20.4 Å². The Morgan fingerprint density at radius 1 is 0.877 bits per heavy atom. The van der Waals surface area contributed by atoms with Gasteiger partial charge in [0.1, 0.15) is 22.9 Å². The number of imidazole rings is 1. The molecular weight excluding hydrogens is 835 g/mol. The van der Waals surface area contributed by atoms with Crippen LogP contribution in [-0.2, 0) is 9.59 Å². The number of piperidine rings is 1. The van der Waals surface area contributed by atoms with E-state index in [4.69, 9.17) is 0 Å². The molecule has 0 radical (unpaired) electrons. The van der Waals surface area contributed by atoms with Gasteiger partial charge in [-0.3, -0.25) is 24.1 Å². The second-order valence-electron chi connectivity index (χ2n) is 17.4. The summed E-state index contributed by atoms with van der Waals surface area (Å²) in [4.78, 5) is 79.7. The van der Waals surface area contributed by atoms with E-state index in [1.54, 1.807) is 30.5 Å². The van der Waals surface area contributed by atoms with E-state index >= 15 is 8.78 Å². The third-order valence-electron chi connectivity index (χ3n) is 13.0. The van der Waals surface area contributed by atoms with Crippen LogP contribution in [0.15, 0.2) is 67.1 Å². The van der Waals surface area contributed by atoms with E-state index in [-0.39, 0.29) is 64.9 Å². The molecule has 7 heterocycles. The Morgan fingerprint density at radius 2 is 1.62 bits per heavy atom. The van der Waals surface area contributed by atoms with Gasteiger partial charge in [0.25, 0.3) is 11.8 Å². The lowest BCUT2D eigenvalue weighted by atomic mass is 9.97. The van der Waals surface area contributed by atoms with Gasteiger partial charge in [-0.1, -0.05) is 12.6 Å². The number of piperazine rings is 2. The van der Waals surface area contributed by atoms with Crippen LogP contribution in [0.25, 0.3) is 22.3 Å². The highest BCUT2D eigenvalue weighted by atomic mass is 19.1. The van der Waals surface area contributed by atoms with E-state index in [0.717, 1.165) is 43.8 Å². The molecule has 0 bridgehead atoms. The summed E-state index contributed by atoms with van der Waals surface area (Å²) in [6, 6.07) is 11.3. The fraction of sp³-hybridized carbons (Fsp3) is 0.404. The summed E-state index contributed by atoms with van der Waals surface area (Å²) in [5, 5.41) is 5.91. The number of halogens is 2. The number of benzene rings is 2. The molecule has 2 unspecified atom stereocenters. The highest BCUT2D eigenvalue weighted by Gasteiger charge is 2.45. The van der Waals surface area contributed by atoms with Crippen LogP contribution in [-0.4, -0.2) is 127 Å². The predicted octanol–water partition coefficient (Wildman–Crippen LogP) is 5.83. The highest BCUT2D eigenvalue weighted by Crippen LogP contribution is 2.36. The second-order valence-corrected chi connectivity index (χ2v) is 17.4. The summed E-state index contributed by atoms with van der Waals surface area (Å²) in [5.74, 6) is -0.688. The van der Waals surface area contributed by atoms with Crippen molar-refractivity contribution in [3.63, 3.8) is 0 Å². The van der Waals surface area contributed by atoms with Crippen molar-refractivity contribution in [2.45, 2.75) is 71.5 Å². The topological polar surface area (TPSA) is 165 Å². The first kappa shape index (κ1) is 43.3. The largest absolute Gasteiger partial charge is 0.372 e. The maximum atomic E-state index is 15.2. The van der Waals surface area contributed by atoms with Crippen LogP contribution in [0.4, 0.5) is 31.9 Å². The van der Waals surface area contributed by atoms with E-state index in [1.165, 1.54) is 11.0 Å². The third-order valence-corrected chi connectivity index (χ3v) is 13.0. The maximum Gasteiger partial charge on any atom is 0.263 e. The van der Waals surface area contributed by atoms with Gasteiger partial charge < -0.3 is 34.8 Å². The Kier molecular flexibility index (Phi) is 11.7. The van der Waals surface area contributed by atoms with Crippen molar-refractivity contribution in [1.29, 1.82) is 0 Å². The van der Waals surface area contributed by atoms with Crippen molar-refractivity contribution in [2.75, 3.05) is 67.5 Å². The van der Waals surface area contributed by atoms with E-state index in [9.17, 15) is 19.2 Å². The van der Waals surface area contributed by atoms with Crippen LogP contribution in [0.3, 0.4) is 0 Å². The quantitative estimate of drug-likeness (QED) is 0.153. The first-order valence-electron chi connectivity index (χ1n) is 22.2. The number of aryl methyl sites for hydroxylation is 1. The number of rotatable bonds is 11. The average molecular weight is 887 g/mol. The second kappa shape index (κ2) is 17.5. The lowest BCUT2D eigenvalue weighted by Gasteiger charge is -2.39. The number of anilines is 4. The third kappa shape index (κ3) is 8.32. The number of fused-ring (bicyclic) bond motifs is 2. The van der Waals surface area contributed by atoms with Crippen molar-refractivity contribution in [3.8, 4) is 11.3 Å². The van der Waals surface area contributed by atoms with Gasteiger partial charge >= 0.3 is 0 Å². The number of hydrogen-bond acceptors (Lipinski definition) is 12. The Hall–Kier alpha value is -6.98. The zero-order valence-electron chi connectivity index (χ0n) is 37.0. The first-order valence-corrected chi connectivity index (χ1v) is 22.2. The number of amides is 4. The van der Waals surface area contributed by atoms with Crippen molar-refractivity contribution in [2.24, 2.45) is 0 Å². The molecule has 5 aromatic rings. The van der Waals surface area contributed by atoms with Gasteiger partial charge in [-0.2, -0.15) is 0 Å². The average Bonchev–Trinajstić information content (AvgIpc) is 3.78. The molecule has 18 heteroatoms. The van der Waals surface area contributed by atoms with Gasteiger partial charge in [0, 0.05) is 88.5 Å². The molecule has 4 aliphatic heterocycles. The number of imide groups is 1. The normalized spacial score (nSPS) is 19.1. The van der Waals surface area contributed by atoms with Gasteiger partial charge in [-0.15, -0.1) is 0 Å². The van der Waals surface area contributed by atoms with Gasteiger partial charge in [0.05, 0.1) is 46.5 Å². The fourth-order valence-electron chi connectivity index (χ4n) is 9.65. The summed E-state index contributed by atoms with van der Waals surface area (Å²) in [6.45, 7) is 16.9. The Labute approximate surface area is 375 Å². The molecule has 0 aliphatic carbocycles. The maximum absolute atomic E-state index is 15.2. The molecule has 9 rings (SSSR count). The molecule has 338 valence electrons. The summed E-state index contributed by atoms with van der Waals surface area (Å²) < 4.78 is 32.2. The minimum absolute atomic E-state index is 0.0248. The van der Waals surface area contributed by atoms with Gasteiger partial charge in [-0.05, 0) is 76.9 Å². The number of carbonyl (C=O) groups excluding carboxylic acids is 4. The number of nitrogens with zero attached hydrogens (tertiary/aromatic N) is 10. The monoisotopic (exact) mass is 886 g/mol. The molecule has 3 saturated heterocycles. The number of allylic oxidation sites excluding steroid dienone is 1. The van der Waals surface area contributed by atoms with E-state index < -0.39 is 17.7 Å². The van der Waals surface area contributed by atoms with Crippen molar-refractivity contribution in [1.82, 2.24) is 44.5 Å².